The first-order valence-corrected chi connectivity index (χ1v) is 5.56. The summed E-state index contributed by atoms with van der Waals surface area (Å²) in [6.07, 6.45) is 3.67. The summed E-state index contributed by atoms with van der Waals surface area (Å²) in [4.78, 5) is 4.14. The van der Waals surface area contributed by atoms with Crippen LogP contribution < -0.4 is 5.73 Å². The lowest BCUT2D eigenvalue weighted by molar-refractivity contribution is 0.714. The van der Waals surface area contributed by atoms with Crippen LogP contribution >= 0.6 is 15.9 Å². The van der Waals surface area contributed by atoms with Crippen molar-refractivity contribution in [1.82, 2.24) is 9.55 Å². The predicted octanol–water partition coefficient (Wildman–Crippen LogP) is 2.27. The Balaban J connectivity index is 2.36. The largest absolute Gasteiger partial charge is 0.329 e. The fourth-order valence-electron chi connectivity index (χ4n) is 1.50. The van der Waals surface area contributed by atoms with Crippen molar-refractivity contribution in [3.63, 3.8) is 0 Å². The monoisotopic (exact) mass is 265 g/mol. The van der Waals surface area contributed by atoms with Crippen molar-refractivity contribution < 1.29 is 0 Å². The van der Waals surface area contributed by atoms with Gasteiger partial charge in [-0.15, -0.1) is 0 Å². The van der Waals surface area contributed by atoms with Crippen LogP contribution in [0.1, 0.15) is 0 Å². The van der Waals surface area contributed by atoms with Crippen LogP contribution in [0.15, 0.2) is 41.3 Å². The maximum atomic E-state index is 5.53. The predicted molar refractivity (Wildman–Crippen MR) is 64.4 cm³/mol. The molecule has 1 aromatic carbocycles. The number of imidazole rings is 1. The quantitative estimate of drug-likeness (QED) is 0.926. The minimum atomic E-state index is 0.625. The van der Waals surface area contributed by atoms with E-state index in [9.17, 15) is 0 Å². The van der Waals surface area contributed by atoms with Gasteiger partial charge in [0.1, 0.15) is 0 Å². The molecular formula is C11H12BrN3. The lowest BCUT2D eigenvalue weighted by Crippen LogP contribution is -2.09. The van der Waals surface area contributed by atoms with E-state index in [-0.39, 0.29) is 0 Å². The molecule has 0 radical (unpaired) electrons. The van der Waals surface area contributed by atoms with Gasteiger partial charge in [-0.2, -0.15) is 0 Å². The van der Waals surface area contributed by atoms with Crippen molar-refractivity contribution in [1.29, 1.82) is 0 Å². The molecule has 3 nitrogen and oxygen atoms in total. The summed E-state index contributed by atoms with van der Waals surface area (Å²) in [7, 11) is 0. The van der Waals surface area contributed by atoms with E-state index in [1.807, 2.05) is 24.7 Å². The molecule has 0 amide bonds. The van der Waals surface area contributed by atoms with Gasteiger partial charge in [-0.3, -0.25) is 0 Å². The van der Waals surface area contributed by atoms with E-state index in [4.69, 9.17) is 5.73 Å². The molecule has 1 heterocycles. The average Bonchev–Trinajstić information content (AvgIpc) is 2.68. The Kier molecular flexibility index (Phi) is 3.18. The first-order valence-electron chi connectivity index (χ1n) is 4.77. The topological polar surface area (TPSA) is 43.8 Å². The Morgan fingerprint density at radius 2 is 2.00 bits per heavy atom. The van der Waals surface area contributed by atoms with E-state index >= 15 is 0 Å². The fraction of sp³-hybridized carbons (Fsp3) is 0.182. The molecule has 1 aromatic heterocycles. The van der Waals surface area contributed by atoms with Gasteiger partial charge in [-0.25, -0.2) is 4.98 Å². The van der Waals surface area contributed by atoms with Gasteiger partial charge in [0.2, 0.25) is 0 Å². The molecule has 15 heavy (non-hydrogen) atoms. The maximum absolute atomic E-state index is 5.53. The average molecular weight is 266 g/mol. The third-order valence-corrected chi connectivity index (χ3v) is 2.75. The molecule has 0 spiro atoms. The molecular weight excluding hydrogens is 254 g/mol. The summed E-state index contributed by atoms with van der Waals surface area (Å²) in [6.45, 7) is 1.42. The van der Waals surface area contributed by atoms with Gasteiger partial charge in [0.05, 0.1) is 18.2 Å². The van der Waals surface area contributed by atoms with E-state index in [1.165, 1.54) is 0 Å². The molecule has 0 fully saturated rings. The second kappa shape index (κ2) is 4.59. The van der Waals surface area contributed by atoms with E-state index in [0.717, 1.165) is 22.3 Å². The molecule has 0 unspecified atom stereocenters. The number of hydrogen-bond donors (Lipinski definition) is 1. The van der Waals surface area contributed by atoms with E-state index < -0.39 is 0 Å². The molecule has 0 bridgehead atoms. The first-order chi connectivity index (χ1) is 7.31. The number of aromatic nitrogens is 2. The summed E-state index contributed by atoms with van der Waals surface area (Å²) in [6, 6.07) is 8.17. The van der Waals surface area contributed by atoms with E-state index in [2.05, 4.69) is 37.6 Å². The molecule has 0 atom stereocenters. The number of nitrogens with two attached hydrogens (primary N) is 1. The maximum Gasteiger partial charge on any atom is 0.0951 e. The third kappa shape index (κ3) is 2.27. The number of rotatable bonds is 3. The van der Waals surface area contributed by atoms with Crippen molar-refractivity contribution in [3.05, 3.63) is 41.3 Å². The minimum absolute atomic E-state index is 0.625. The smallest absolute Gasteiger partial charge is 0.0951 e. The van der Waals surface area contributed by atoms with Gasteiger partial charge in [0.25, 0.3) is 0 Å². The SMILES string of the molecule is NCCn1cncc1-c1ccc(Br)cc1. The second-order valence-electron chi connectivity index (χ2n) is 3.27. The number of benzene rings is 1. The van der Waals surface area contributed by atoms with Crippen LogP contribution in [0.4, 0.5) is 0 Å². The molecule has 0 saturated carbocycles. The Morgan fingerprint density at radius 1 is 1.27 bits per heavy atom. The third-order valence-electron chi connectivity index (χ3n) is 2.22. The lowest BCUT2D eigenvalue weighted by atomic mass is 10.2. The van der Waals surface area contributed by atoms with Crippen molar-refractivity contribution in [2.45, 2.75) is 6.54 Å². The van der Waals surface area contributed by atoms with E-state index in [1.54, 1.807) is 0 Å². The highest BCUT2D eigenvalue weighted by atomic mass is 79.9. The van der Waals surface area contributed by atoms with E-state index in [0.29, 0.717) is 6.54 Å². The zero-order valence-electron chi connectivity index (χ0n) is 8.23. The van der Waals surface area contributed by atoms with Crippen molar-refractivity contribution in [2.75, 3.05) is 6.54 Å². The second-order valence-corrected chi connectivity index (χ2v) is 4.18. The van der Waals surface area contributed by atoms with Gasteiger partial charge >= 0.3 is 0 Å². The molecule has 2 aromatic rings. The summed E-state index contributed by atoms with van der Waals surface area (Å²) >= 11 is 3.42. The Labute approximate surface area is 97.1 Å². The minimum Gasteiger partial charge on any atom is -0.329 e. The highest BCUT2D eigenvalue weighted by molar-refractivity contribution is 9.10. The van der Waals surface area contributed by atoms with Crippen LogP contribution in [0.5, 0.6) is 0 Å². The molecule has 0 aliphatic heterocycles. The van der Waals surface area contributed by atoms with Gasteiger partial charge in [0.15, 0.2) is 0 Å². The lowest BCUT2D eigenvalue weighted by Gasteiger charge is -2.06. The summed E-state index contributed by atoms with van der Waals surface area (Å²) < 4.78 is 3.14. The van der Waals surface area contributed by atoms with Crippen LogP contribution in [-0.4, -0.2) is 16.1 Å². The highest BCUT2D eigenvalue weighted by Crippen LogP contribution is 2.21. The van der Waals surface area contributed by atoms with Crippen LogP contribution in [-0.2, 0) is 6.54 Å². The van der Waals surface area contributed by atoms with Gasteiger partial charge in [0, 0.05) is 17.6 Å². The van der Waals surface area contributed by atoms with Crippen molar-refractivity contribution in [3.8, 4) is 11.3 Å². The van der Waals surface area contributed by atoms with Crippen LogP contribution in [0.25, 0.3) is 11.3 Å². The molecule has 0 saturated heterocycles. The van der Waals surface area contributed by atoms with Crippen molar-refractivity contribution >= 4 is 15.9 Å². The molecule has 2 rings (SSSR count). The number of nitrogens with zero attached hydrogens (tertiary/aromatic N) is 2. The zero-order valence-corrected chi connectivity index (χ0v) is 9.81. The Bertz CT molecular complexity index is 433. The Hall–Kier alpha value is -1.13. The normalized spacial score (nSPS) is 10.5. The molecule has 0 aliphatic rings. The fourth-order valence-corrected chi connectivity index (χ4v) is 1.76. The summed E-state index contributed by atoms with van der Waals surface area (Å²) in [5.74, 6) is 0. The Morgan fingerprint density at radius 3 is 2.67 bits per heavy atom. The molecule has 78 valence electrons. The molecule has 2 N–H and O–H groups in total. The summed E-state index contributed by atoms with van der Waals surface area (Å²) in [5.41, 5.74) is 7.80. The van der Waals surface area contributed by atoms with Crippen LogP contribution in [0.3, 0.4) is 0 Å². The van der Waals surface area contributed by atoms with Gasteiger partial charge < -0.3 is 10.3 Å². The zero-order chi connectivity index (χ0) is 10.7. The summed E-state index contributed by atoms with van der Waals surface area (Å²) in [5, 5.41) is 0. The number of halogens is 1. The molecule has 4 heteroatoms. The first kappa shape index (κ1) is 10.4. The molecule has 0 aliphatic carbocycles. The number of hydrogen-bond acceptors (Lipinski definition) is 2. The highest BCUT2D eigenvalue weighted by Gasteiger charge is 2.03. The standard InChI is InChI=1S/C11H12BrN3/c12-10-3-1-9(2-4-10)11-7-14-8-15(11)6-5-13/h1-4,7-8H,5-6,13H2. The van der Waals surface area contributed by atoms with Gasteiger partial charge in [-0.05, 0) is 17.7 Å². The van der Waals surface area contributed by atoms with Gasteiger partial charge in [-0.1, -0.05) is 28.1 Å². The van der Waals surface area contributed by atoms with Crippen LogP contribution in [0, 0.1) is 0 Å². The van der Waals surface area contributed by atoms with Crippen LogP contribution in [0.2, 0.25) is 0 Å². The van der Waals surface area contributed by atoms with Crippen molar-refractivity contribution in [2.24, 2.45) is 5.73 Å².